The van der Waals surface area contributed by atoms with Crippen LogP contribution in [0.25, 0.3) is 0 Å². The Balaban J connectivity index is 1.89. The fourth-order valence-electron chi connectivity index (χ4n) is 1.78. The second-order valence-corrected chi connectivity index (χ2v) is 7.99. The smallest absolute Gasteiger partial charge is 0.269 e. The highest BCUT2D eigenvalue weighted by molar-refractivity contribution is 7.91. The second kappa shape index (κ2) is 7.69. The molecule has 8 nitrogen and oxygen atoms in total. The van der Waals surface area contributed by atoms with Gasteiger partial charge in [0.15, 0.2) is 0 Å². The normalized spacial score (nSPS) is 11.3. The highest BCUT2D eigenvalue weighted by atomic mass is 32.2. The molecule has 0 saturated carbocycles. The van der Waals surface area contributed by atoms with Crippen molar-refractivity contribution >= 4 is 32.4 Å². The van der Waals surface area contributed by atoms with Crippen LogP contribution in [-0.2, 0) is 14.8 Å². The highest BCUT2D eigenvalue weighted by Gasteiger charge is 2.20. The van der Waals surface area contributed by atoms with E-state index < -0.39 is 10.0 Å². The molecule has 1 aromatic heterocycles. The van der Waals surface area contributed by atoms with E-state index in [1.165, 1.54) is 6.92 Å². The fraction of sp³-hybridized carbons (Fsp3) is 0.357. The number of aromatic nitrogens is 2. The molecule has 130 valence electrons. The zero-order valence-electron chi connectivity index (χ0n) is 13.5. The topological polar surface area (TPSA) is 110 Å². The first kappa shape index (κ1) is 18.3. The van der Waals surface area contributed by atoms with Crippen molar-refractivity contribution in [2.45, 2.75) is 25.1 Å². The first-order chi connectivity index (χ1) is 11.3. The van der Waals surface area contributed by atoms with Crippen molar-refractivity contribution in [3.05, 3.63) is 29.3 Å². The first-order valence-corrected chi connectivity index (χ1v) is 9.39. The van der Waals surface area contributed by atoms with Crippen LogP contribution in [-0.4, -0.2) is 37.7 Å². The number of benzene rings is 1. The maximum atomic E-state index is 12.1. The van der Waals surface area contributed by atoms with E-state index in [0.717, 1.165) is 28.2 Å². The molecule has 0 fully saturated rings. The molecule has 0 aliphatic carbocycles. The Morgan fingerprint density at radius 2 is 2.04 bits per heavy atom. The van der Waals surface area contributed by atoms with Crippen LogP contribution in [0.4, 0.5) is 5.13 Å². The number of aryl methyl sites for hydroxylation is 2. The monoisotopic (exact) mass is 370 g/mol. The molecule has 1 heterocycles. The molecule has 0 spiro atoms. The Labute approximate surface area is 144 Å². The van der Waals surface area contributed by atoms with Gasteiger partial charge in [0.1, 0.15) is 12.4 Å². The van der Waals surface area contributed by atoms with Crippen molar-refractivity contribution in [3.63, 3.8) is 0 Å². The number of sulfonamides is 1. The van der Waals surface area contributed by atoms with E-state index in [9.17, 15) is 13.2 Å². The van der Waals surface area contributed by atoms with Crippen LogP contribution >= 0.6 is 11.3 Å². The van der Waals surface area contributed by atoms with E-state index in [2.05, 4.69) is 20.2 Å². The van der Waals surface area contributed by atoms with Crippen LogP contribution in [0, 0.1) is 13.8 Å². The fourth-order valence-corrected chi connectivity index (χ4v) is 3.78. The standard InChI is InChI=1S/C14H18N4O4S2/c1-9-4-5-10(2)12(8-9)22-7-6-15-24(20,21)14-18-17-13(23-14)16-11(3)19/h4-5,8,15H,6-7H2,1-3H3,(H,16,17,19). The Bertz CT molecular complexity index is 833. The van der Waals surface area contributed by atoms with Crippen molar-refractivity contribution < 1.29 is 17.9 Å². The number of ether oxygens (including phenoxy) is 1. The van der Waals surface area contributed by atoms with E-state index in [0.29, 0.717) is 0 Å². The number of carbonyl (C=O) groups is 1. The highest BCUT2D eigenvalue weighted by Crippen LogP contribution is 2.20. The molecule has 2 N–H and O–H groups in total. The average molecular weight is 370 g/mol. The Kier molecular flexibility index (Phi) is 5.86. The summed E-state index contributed by atoms with van der Waals surface area (Å²) < 4.78 is 32.0. The number of carbonyl (C=O) groups excluding carboxylic acids is 1. The van der Waals surface area contributed by atoms with Crippen LogP contribution in [0.2, 0.25) is 0 Å². The van der Waals surface area contributed by atoms with Gasteiger partial charge in [0.25, 0.3) is 10.0 Å². The molecular weight excluding hydrogens is 352 g/mol. The third-order valence-electron chi connectivity index (χ3n) is 2.91. The number of hydrogen-bond acceptors (Lipinski definition) is 7. The molecule has 2 rings (SSSR count). The maximum absolute atomic E-state index is 12.1. The van der Waals surface area contributed by atoms with Gasteiger partial charge in [-0.2, -0.15) is 0 Å². The van der Waals surface area contributed by atoms with Gasteiger partial charge in [0.2, 0.25) is 15.4 Å². The second-order valence-electron chi connectivity index (χ2n) is 5.07. The molecule has 1 amide bonds. The van der Waals surface area contributed by atoms with Gasteiger partial charge in [-0.1, -0.05) is 23.5 Å². The summed E-state index contributed by atoms with van der Waals surface area (Å²) in [6, 6.07) is 5.82. The Morgan fingerprint density at radius 3 is 2.75 bits per heavy atom. The molecule has 0 aliphatic rings. The minimum atomic E-state index is -3.78. The predicted octanol–water partition coefficient (Wildman–Crippen LogP) is 1.47. The molecule has 0 unspecified atom stereocenters. The van der Waals surface area contributed by atoms with E-state index >= 15 is 0 Å². The summed E-state index contributed by atoms with van der Waals surface area (Å²) in [7, 11) is -3.78. The minimum Gasteiger partial charge on any atom is -0.492 e. The Hall–Kier alpha value is -2.04. The van der Waals surface area contributed by atoms with Gasteiger partial charge < -0.3 is 10.1 Å². The largest absolute Gasteiger partial charge is 0.492 e. The summed E-state index contributed by atoms with van der Waals surface area (Å²) in [4.78, 5) is 10.9. The van der Waals surface area contributed by atoms with Crippen LogP contribution in [0.15, 0.2) is 22.5 Å². The van der Waals surface area contributed by atoms with Crippen molar-refractivity contribution in [1.29, 1.82) is 0 Å². The third kappa shape index (κ3) is 4.98. The molecular formula is C14H18N4O4S2. The summed E-state index contributed by atoms with van der Waals surface area (Å²) in [6.45, 7) is 5.45. The lowest BCUT2D eigenvalue weighted by Gasteiger charge is -2.10. The van der Waals surface area contributed by atoms with Gasteiger partial charge >= 0.3 is 0 Å². The lowest BCUT2D eigenvalue weighted by molar-refractivity contribution is -0.114. The number of hydrogen-bond donors (Lipinski definition) is 2. The number of nitrogens with one attached hydrogen (secondary N) is 2. The van der Waals surface area contributed by atoms with Crippen LogP contribution in [0.1, 0.15) is 18.1 Å². The van der Waals surface area contributed by atoms with E-state index in [-0.39, 0.29) is 28.5 Å². The van der Waals surface area contributed by atoms with Crippen molar-refractivity contribution in [2.24, 2.45) is 0 Å². The maximum Gasteiger partial charge on any atom is 0.269 e. The molecule has 0 radical (unpaired) electrons. The summed E-state index contributed by atoms with van der Waals surface area (Å²) in [5, 5.41) is 9.69. The number of rotatable bonds is 7. The summed E-state index contributed by atoms with van der Waals surface area (Å²) >= 11 is 0.782. The molecule has 1 aromatic carbocycles. The van der Waals surface area contributed by atoms with E-state index in [4.69, 9.17) is 4.74 Å². The number of nitrogens with zero attached hydrogens (tertiary/aromatic N) is 2. The molecule has 0 saturated heterocycles. The van der Waals surface area contributed by atoms with E-state index in [1.807, 2.05) is 32.0 Å². The molecule has 0 aliphatic heterocycles. The van der Waals surface area contributed by atoms with Gasteiger partial charge in [-0.15, -0.1) is 10.2 Å². The molecule has 10 heteroatoms. The number of anilines is 1. The van der Waals surface area contributed by atoms with Gasteiger partial charge in [0.05, 0.1) is 0 Å². The van der Waals surface area contributed by atoms with E-state index in [1.54, 1.807) is 0 Å². The number of amides is 1. The van der Waals surface area contributed by atoms with Gasteiger partial charge in [0, 0.05) is 13.5 Å². The molecule has 24 heavy (non-hydrogen) atoms. The van der Waals surface area contributed by atoms with Gasteiger partial charge in [-0.3, -0.25) is 4.79 Å². The zero-order valence-corrected chi connectivity index (χ0v) is 15.1. The quantitative estimate of drug-likeness (QED) is 0.564. The predicted molar refractivity (Wildman–Crippen MR) is 90.8 cm³/mol. The van der Waals surface area contributed by atoms with Crippen molar-refractivity contribution in [2.75, 3.05) is 18.5 Å². The Morgan fingerprint density at radius 1 is 1.29 bits per heavy atom. The van der Waals surface area contributed by atoms with Crippen LogP contribution < -0.4 is 14.8 Å². The SMILES string of the molecule is CC(=O)Nc1nnc(S(=O)(=O)NCCOc2cc(C)ccc2C)s1. The lowest BCUT2D eigenvalue weighted by atomic mass is 10.1. The summed E-state index contributed by atoms with van der Waals surface area (Å²) in [6.07, 6.45) is 0. The third-order valence-corrected chi connectivity index (χ3v) is 5.58. The van der Waals surface area contributed by atoms with Crippen LogP contribution in [0.5, 0.6) is 5.75 Å². The van der Waals surface area contributed by atoms with Crippen molar-refractivity contribution in [1.82, 2.24) is 14.9 Å². The molecule has 2 aromatic rings. The summed E-state index contributed by atoms with van der Waals surface area (Å²) in [5.74, 6) is 0.378. The summed E-state index contributed by atoms with van der Waals surface area (Å²) in [5.41, 5.74) is 2.04. The molecule has 0 bridgehead atoms. The zero-order chi connectivity index (χ0) is 17.7. The van der Waals surface area contributed by atoms with Crippen molar-refractivity contribution in [3.8, 4) is 5.75 Å². The molecule has 0 atom stereocenters. The average Bonchev–Trinajstić information content (AvgIpc) is 2.95. The van der Waals surface area contributed by atoms with Gasteiger partial charge in [-0.25, -0.2) is 13.1 Å². The first-order valence-electron chi connectivity index (χ1n) is 7.09. The van der Waals surface area contributed by atoms with Gasteiger partial charge in [-0.05, 0) is 31.0 Å². The lowest BCUT2D eigenvalue weighted by Crippen LogP contribution is -2.28. The minimum absolute atomic E-state index is 0.0881. The van der Waals surface area contributed by atoms with Crippen LogP contribution in [0.3, 0.4) is 0 Å².